The van der Waals surface area contributed by atoms with Crippen molar-refractivity contribution in [2.24, 2.45) is 23.7 Å². The van der Waals surface area contributed by atoms with E-state index in [1.54, 1.807) is 12.3 Å². The van der Waals surface area contributed by atoms with Gasteiger partial charge in [0.1, 0.15) is 48.4 Å². The summed E-state index contributed by atoms with van der Waals surface area (Å²) >= 11 is 0. The van der Waals surface area contributed by atoms with Gasteiger partial charge in [-0.25, -0.2) is 28.4 Å². The maximum Gasteiger partial charge on any atom is 0.479 e. The van der Waals surface area contributed by atoms with Crippen molar-refractivity contribution in [1.29, 1.82) is 0 Å². The van der Waals surface area contributed by atoms with Gasteiger partial charge in [0.15, 0.2) is 35.8 Å². The molecule has 14 N–H and O–H groups in total. The Balaban J connectivity index is 0.867. The van der Waals surface area contributed by atoms with Crippen molar-refractivity contribution in [3.8, 4) is 0 Å². The number of aliphatic imine (C=N–C) groups is 1. The molecule has 9 rings (SSSR count). The number of ether oxygens (including phenoxy) is 4. The number of methoxy groups -OCH3 is 1. The smallest absolute Gasteiger partial charge is 0.479 e. The van der Waals surface area contributed by atoms with Gasteiger partial charge in [-0.15, -0.1) is 0 Å². The minimum atomic E-state index is -5.64. The van der Waals surface area contributed by atoms with E-state index in [2.05, 4.69) is 39.2 Å². The molecule has 3 fully saturated rings. The summed E-state index contributed by atoms with van der Waals surface area (Å²) in [5.41, 5.74) is 16.4. The molecule has 4 aliphatic rings. The van der Waals surface area contributed by atoms with Crippen molar-refractivity contribution in [1.82, 2.24) is 48.5 Å². The molecule has 4 aliphatic heterocycles. The number of aromatic amines is 2. The number of aryl methyl sites for hydroxylation is 1. The molecule has 42 heteroatoms. The number of aromatic nitrogens is 10. The third-order valence-corrected chi connectivity index (χ3v) is 19.5. The largest absolute Gasteiger partial charge is 0.756 e. The predicted molar refractivity (Wildman–Crippen MR) is 278 cm³/mol. The number of carbonyl (C=O) groups excluding carboxylic acids is 1. The third-order valence-electron chi connectivity index (χ3n) is 13.7. The summed E-state index contributed by atoms with van der Waals surface area (Å²) < 4.78 is 108. The zero-order valence-corrected chi connectivity index (χ0v) is 47.7. The number of nitrogens with zero attached hydrogens (tertiary/aromatic N) is 10. The van der Waals surface area contributed by atoms with Crippen molar-refractivity contribution in [3.05, 3.63) is 51.5 Å². The summed E-state index contributed by atoms with van der Waals surface area (Å²) in [6, 6.07) is 0. The number of carbonyl (C=O) groups is 1. The predicted octanol–water partition coefficient (Wildman–Crippen LogP) is -3.19. The molecule has 38 nitrogen and oxygen atoms in total. The van der Waals surface area contributed by atoms with E-state index in [1.165, 1.54) is 52.4 Å². The first-order chi connectivity index (χ1) is 39.0. The molecule has 5 unspecified atom stereocenters. The Morgan fingerprint density at radius 1 is 0.831 bits per heavy atom. The van der Waals surface area contributed by atoms with Crippen LogP contribution in [0.3, 0.4) is 0 Å². The van der Waals surface area contributed by atoms with Crippen LogP contribution < -0.4 is 37.8 Å². The second-order valence-corrected chi connectivity index (χ2v) is 26.5. The number of fused-ring (bicyclic) bond motifs is 3. The lowest BCUT2D eigenvalue weighted by atomic mass is 9.94. The fraction of sp³-hybridized carbons (Fsp3) is 0.585. The SMILES string of the molecule is CO[C@@H]1[C@H](OP(=O)([O-])OC[C@H]2O[C@@H](n3cnc4c(=O)[nH]c(N)nc43)[C@H](O)[C@@H]2O)C(COP(=O)(O)CCP(=O)(O)OP(=O)(O)OC[C@H]2O[C@@H]([n+]3cn(C)c4c(=O)[nH]c(N)nc43)[C@H](O)[C@@H]2CC(=O)N(C)C)O[C@H]1n1cnc2c1N=CCCC=C2N. The molecule has 1 amide bonds. The lowest BCUT2D eigenvalue weighted by Gasteiger charge is -2.31. The van der Waals surface area contributed by atoms with E-state index in [-0.39, 0.29) is 51.4 Å². The van der Waals surface area contributed by atoms with Crippen LogP contribution in [-0.4, -0.2) is 193 Å². The van der Waals surface area contributed by atoms with E-state index in [0.717, 1.165) is 18.0 Å². The van der Waals surface area contributed by atoms with Crippen LogP contribution in [0.25, 0.3) is 28.0 Å². The minimum absolute atomic E-state index is 0.0200. The summed E-state index contributed by atoms with van der Waals surface area (Å²) in [6.45, 7) is -2.98. The summed E-state index contributed by atoms with van der Waals surface area (Å²) in [7, 11) is -16.3. The summed E-state index contributed by atoms with van der Waals surface area (Å²) in [5, 5.41) is 33.4. The number of amides is 1. The molecular weight excluding hydrogens is 1190 g/mol. The number of allylic oxidation sites excluding steroid dienone is 1. The zero-order chi connectivity index (χ0) is 60.2. The molecule has 83 heavy (non-hydrogen) atoms. The molecule has 9 heterocycles. The molecule has 3 saturated heterocycles. The molecule has 0 spiro atoms. The van der Waals surface area contributed by atoms with Crippen LogP contribution in [0.5, 0.6) is 0 Å². The lowest BCUT2D eigenvalue weighted by Crippen LogP contribution is -2.45. The standard InChI is InChI=1S/C41H59N15O23P4/c1-52(2)23(57)11-18-20(75-37(27(18)58)56-17-53(3)26-34(56)49-41(44)51-36(26)62)12-74-83(69,70)79-81(65,66)10-9-80(63,64)72-14-22-30(31(71-4)39(77-22)54-15-46-24-19(42)7-5-6-8-45-32(24)54)78-82(67,68)73-13-21-28(59)29(60)38(76-21)55-16-47-25-33(55)48-40(43)50-35(25)61/h7-8,15-18,20-22,27-31,37-39,58-60H,5-6,9-14,42H2,1-4H3,(H9-,43,44,48,49,50,51,61,62,63,64,65,66,67,68,69,70)/t18-,20-,21-,22?,27-,28-,29-,30-,31-,37-,38-,39-/m1/s1. The van der Waals surface area contributed by atoms with Crippen LogP contribution in [0.4, 0.5) is 17.7 Å². The summed E-state index contributed by atoms with van der Waals surface area (Å²) in [4.78, 5) is 111. The second kappa shape index (κ2) is 24.1. The van der Waals surface area contributed by atoms with Gasteiger partial charge in [0.2, 0.25) is 23.6 Å². The van der Waals surface area contributed by atoms with E-state index in [1.807, 2.05) is 0 Å². The second-order valence-electron chi connectivity index (χ2n) is 19.6. The first-order valence-electron chi connectivity index (χ1n) is 24.9. The Labute approximate surface area is 466 Å². The van der Waals surface area contributed by atoms with Gasteiger partial charge >= 0.3 is 28.7 Å². The fourth-order valence-corrected chi connectivity index (χ4v) is 15.2. The van der Waals surface area contributed by atoms with E-state index in [4.69, 9.17) is 54.2 Å². The number of phosphoric ester groups is 2. The number of aliphatic hydroxyl groups excluding tert-OH is 3. The number of H-pyrrole nitrogens is 2. The molecule has 5 aromatic heterocycles. The van der Waals surface area contributed by atoms with Crippen molar-refractivity contribution < 1.29 is 104 Å². The molecule has 0 bridgehead atoms. The van der Waals surface area contributed by atoms with Gasteiger partial charge in [-0.05, 0) is 12.8 Å². The third kappa shape index (κ3) is 13.3. The van der Waals surface area contributed by atoms with Crippen LogP contribution >= 0.6 is 30.8 Å². The number of hydrogen-bond donors (Lipinski definition) is 11. The van der Waals surface area contributed by atoms with Gasteiger partial charge in [-0.1, -0.05) is 11.1 Å². The molecule has 5 aromatic rings. The van der Waals surface area contributed by atoms with E-state index in [0.29, 0.717) is 12.8 Å². The fourth-order valence-electron chi connectivity index (χ4n) is 9.62. The number of nitrogens with two attached hydrogens (primary N) is 3. The first kappa shape index (κ1) is 62.0. The highest BCUT2D eigenvalue weighted by atomic mass is 31.3. The van der Waals surface area contributed by atoms with Crippen LogP contribution in [0, 0.1) is 5.92 Å². The minimum Gasteiger partial charge on any atom is -0.756 e. The Kier molecular flexibility index (Phi) is 18.0. The number of anilines is 2. The normalized spacial score (nSPS) is 29.4. The molecule has 0 aromatic carbocycles. The number of nitrogen functional groups attached to an aromatic ring is 2. The van der Waals surface area contributed by atoms with Gasteiger partial charge in [0.05, 0.1) is 63.6 Å². The van der Waals surface area contributed by atoms with Crippen LogP contribution in [0.1, 0.15) is 43.6 Å². The highest BCUT2D eigenvalue weighted by Crippen LogP contribution is 2.62. The van der Waals surface area contributed by atoms with Crippen LogP contribution in [0.2, 0.25) is 0 Å². The highest BCUT2D eigenvalue weighted by molar-refractivity contribution is 7.64. The number of phosphoric acid groups is 2. The van der Waals surface area contributed by atoms with E-state index in [9.17, 15) is 67.5 Å². The van der Waals surface area contributed by atoms with Crippen molar-refractivity contribution in [3.63, 3.8) is 0 Å². The molecule has 456 valence electrons. The molecule has 0 radical (unpaired) electrons. The monoisotopic (exact) mass is 1250 g/mol. The van der Waals surface area contributed by atoms with Crippen molar-refractivity contribution >= 4 is 88.7 Å². The van der Waals surface area contributed by atoms with Crippen LogP contribution in [0.15, 0.2) is 39.6 Å². The highest BCUT2D eigenvalue weighted by Gasteiger charge is 2.53. The number of rotatable bonds is 22. The Morgan fingerprint density at radius 3 is 2.22 bits per heavy atom. The molecule has 0 aliphatic carbocycles. The molecule has 16 atom stereocenters. The quantitative estimate of drug-likeness (QED) is 0.0240. The number of aliphatic hydroxyl groups is 3. The Hall–Kier alpha value is -5.53. The molecular formula is C41H59N15O23P4. The zero-order valence-electron chi connectivity index (χ0n) is 44.1. The number of imidazole rings is 3. The average Bonchev–Trinajstić information content (AvgIpc) is 2.31. The van der Waals surface area contributed by atoms with Gasteiger partial charge in [-0.3, -0.25) is 56.3 Å². The maximum atomic E-state index is 13.7. The van der Waals surface area contributed by atoms with Gasteiger partial charge < -0.3 is 89.5 Å². The van der Waals surface area contributed by atoms with Gasteiger partial charge in [0.25, 0.3) is 24.9 Å². The van der Waals surface area contributed by atoms with Crippen LogP contribution in [-0.2, 0) is 71.5 Å². The summed E-state index contributed by atoms with van der Waals surface area (Å²) in [6.07, 6.45) is -12.5. The average molecular weight is 1250 g/mol. The topological polar surface area (TPSA) is 542 Å². The van der Waals surface area contributed by atoms with Crippen molar-refractivity contribution in [2.75, 3.05) is 64.8 Å². The Morgan fingerprint density at radius 2 is 1.49 bits per heavy atom. The van der Waals surface area contributed by atoms with Gasteiger partial charge in [0, 0.05) is 39.8 Å². The van der Waals surface area contributed by atoms with Gasteiger partial charge in [-0.2, -0.15) is 4.98 Å². The number of nitrogens with one attached hydrogen (secondary N) is 2. The Bertz CT molecular complexity index is 3650. The summed E-state index contributed by atoms with van der Waals surface area (Å²) in [5.74, 6) is -2.15. The molecule has 0 saturated carbocycles. The van der Waals surface area contributed by atoms with Crippen molar-refractivity contribution in [2.45, 2.75) is 86.8 Å². The van der Waals surface area contributed by atoms with E-state index >= 15 is 0 Å². The van der Waals surface area contributed by atoms with E-state index < -0.39 is 160 Å². The number of hydrogen-bond acceptors (Lipinski definition) is 28. The lowest BCUT2D eigenvalue weighted by molar-refractivity contribution is -0.745. The first-order valence-corrected chi connectivity index (χ1v) is 31.3. The maximum absolute atomic E-state index is 13.7.